The van der Waals surface area contributed by atoms with Crippen LogP contribution in [0, 0.1) is 5.41 Å². The Balaban J connectivity index is 2.48. The van der Waals surface area contributed by atoms with Gasteiger partial charge in [-0.05, 0) is 39.8 Å². The zero-order chi connectivity index (χ0) is 13.4. The van der Waals surface area contributed by atoms with Crippen LogP contribution in [-0.4, -0.2) is 24.5 Å². The second kappa shape index (κ2) is 4.39. The monoisotopic (exact) mass is 246 g/mol. The summed E-state index contributed by atoms with van der Waals surface area (Å²) in [5.74, 6) is 0.184. The van der Waals surface area contributed by atoms with Crippen molar-refractivity contribution in [1.29, 1.82) is 0 Å². The molecule has 2 rings (SSSR count). The maximum Gasteiger partial charge on any atom is 0.234 e. The van der Waals surface area contributed by atoms with Crippen molar-refractivity contribution in [2.45, 2.75) is 33.2 Å². The standard InChI is InChI=1S/C15H22N2O/c1-14(2)10-16-11-15(3,4)17(13(14)18)12-8-6-5-7-9-12/h5-9,16H,10-11H2,1-4H3. The van der Waals surface area contributed by atoms with Gasteiger partial charge in [-0.3, -0.25) is 4.79 Å². The molecule has 98 valence electrons. The second-order valence-electron chi connectivity index (χ2n) is 6.28. The summed E-state index contributed by atoms with van der Waals surface area (Å²) in [5, 5.41) is 3.40. The first-order valence-electron chi connectivity index (χ1n) is 6.45. The lowest BCUT2D eigenvalue weighted by molar-refractivity contribution is -0.126. The Morgan fingerprint density at radius 2 is 1.67 bits per heavy atom. The van der Waals surface area contributed by atoms with Crippen LogP contribution in [0.3, 0.4) is 0 Å². The normalized spacial score (nSPS) is 22.7. The molecule has 3 heteroatoms. The van der Waals surface area contributed by atoms with E-state index in [0.29, 0.717) is 0 Å². The molecule has 0 atom stereocenters. The molecule has 0 radical (unpaired) electrons. The van der Waals surface area contributed by atoms with Crippen LogP contribution in [0.5, 0.6) is 0 Å². The maximum absolute atomic E-state index is 12.8. The molecular formula is C15H22N2O. The molecule has 1 aromatic carbocycles. The molecule has 1 saturated heterocycles. The summed E-state index contributed by atoms with van der Waals surface area (Å²) >= 11 is 0. The topological polar surface area (TPSA) is 32.3 Å². The molecule has 3 nitrogen and oxygen atoms in total. The summed E-state index contributed by atoms with van der Waals surface area (Å²) in [7, 11) is 0. The number of rotatable bonds is 1. The molecule has 1 N–H and O–H groups in total. The number of benzene rings is 1. The van der Waals surface area contributed by atoms with E-state index >= 15 is 0 Å². The fraction of sp³-hybridized carbons (Fsp3) is 0.533. The van der Waals surface area contributed by atoms with Crippen molar-refractivity contribution in [2.75, 3.05) is 18.0 Å². The van der Waals surface area contributed by atoms with E-state index < -0.39 is 0 Å². The second-order valence-corrected chi connectivity index (χ2v) is 6.28. The first-order valence-corrected chi connectivity index (χ1v) is 6.45. The van der Waals surface area contributed by atoms with Crippen LogP contribution in [0.2, 0.25) is 0 Å². The minimum Gasteiger partial charge on any atom is -0.313 e. The fourth-order valence-corrected chi connectivity index (χ4v) is 2.46. The van der Waals surface area contributed by atoms with Gasteiger partial charge in [0.05, 0.1) is 11.0 Å². The van der Waals surface area contributed by atoms with E-state index in [1.54, 1.807) is 0 Å². The summed E-state index contributed by atoms with van der Waals surface area (Å²) in [5.41, 5.74) is 0.389. The lowest BCUT2D eigenvalue weighted by Crippen LogP contribution is -2.53. The van der Waals surface area contributed by atoms with Crippen molar-refractivity contribution >= 4 is 11.6 Å². The summed E-state index contributed by atoms with van der Waals surface area (Å²) in [4.78, 5) is 14.7. The van der Waals surface area contributed by atoms with Crippen molar-refractivity contribution < 1.29 is 4.79 Å². The van der Waals surface area contributed by atoms with Crippen LogP contribution in [0.25, 0.3) is 0 Å². The van der Waals surface area contributed by atoms with Gasteiger partial charge in [0.15, 0.2) is 0 Å². The molecule has 18 heavy (non-hydrogen) atoms. The van der Waals surface area contributed by atoms with Crippen LogP contribution in [0.1, 0.15) is 27.7 Å². The lowest BCUT2D eigenvalue weighted by Gasteiger charge is -2.39. The number of carbonyl (C=O) groups is 1. The smallest absolute Gasteiger partial charge is 0.234 e. The van der Waals surface area contributed by atoms with Gasteiger partial charge in [-0.15, -0.1) is 0 Å². The van der Waals surface area contributed by atoms with Gasteiger partial charge in [0.2, 0.25) is 5.91 Å². The third-order valence-electron chi connectivity index (χ3n) is 3.53. The van der Waals surface area contributed by atoms with Crippen LogP contribution in [0.4, 0.5) is 5.69 Å². The Morgan fingerprint density at radius 1 is 1.06 bits per heavy atom. The Hall–Kier alpha value is -1.35. The molecule has 1 aliphatic rings. The number of anilines is 1. The average molecular weight is 246 g/mol. The third kappa shape index (κ3) is 2.27. The molecule has 1 aliphatic heterocycles. The molecule has 0 aromatic heterocycles. The van der Waals surface area contributed by atoms with E-state index in [1.165, 1.54) is 0 Å². The summed E-state index contributed by atoms with van der Waals surface area (Å²) in [6.45, 7) is 9.73. The first-order chi connectivity index (χ1) is 8.34. The number of nitrogens with zero attached hydrogens (tertiary/aromatic N) is 1. The van der Waals surface area contributed by atoms with E-state index in [2.05, 4.69) is 19.2 Å². The predicted molar refractivity (Wildman–Crippen MR) is 74.7 cm³/mol. The quantitative estimate of drug-likeness (QED) is 0.825. The van der Waals surface area contributed by atoms with Crippen molar-refractivity contribution in [3.05, 3.63) is 30.3 Å². The number of hydrogen-bond donors (Lipinski definition) is 1. The van der Waals surface area contributed by atoms with E-state index in [1.807, 2.05) is 49.1 Å². The minimum atomic E-state index is -0.371. The Morgan fingerprint density at radius 3 is 2.28 bits per heavy atom. The maximum atomic E-state index is 12.8. The van der Waals surface area contributed by atoms with Crippen molar-refractivity contribution in [2.24, 2.45) is 5.41 Å². The van der Waals surface area contributed by atoms with Gasteiger partial charge >= 0.3 is 0 Å². The molecule has 1 amide bonds. The molecule has 0 bridgehead atoms. The number of carbonyl (C=O) groups excluding carboxylic acids is 1. The van der Waals surface area contributed by atoms with Crippen LogP contribution >= 0.6 is 0 Å². The highest BCUT2D eigenvalue weighted by Gasteiger charge is 2.42. The molecule has 0 saturated carbocycles. The Kier molecular flexibility index (Phi) is 3.20. The van der Waals surface area contributed by atoms with Crippen molar-refractivity contribution in [3.8, 4) is 0 Å². The van der Waals surface area contributed by atoms with Crippen molar-refractivity contribution in [3.63, 3.8) is 0 Å². The van der Waals surface area contributed by atoms with Crippen LogP contribution < -0.4 is 10.2 Å². The van der Waals surface area contributed by atoms with Crippen LogP contribution in [0.15, 0.2) is 30.3 Å². The largest absolute Gasteiger partial charge is 0.313 e. The number of hydrogen-bond acceptors (Lipinski definition) is 2. The molecule has 1 fully saturated rings. The highest BCUT2D eigenvalue weighted by Crippen LogP contribution is 2.31. The number of nitrogens with one attached hydrogen (secondary N) is 1. The predicted octanol–water partition coefficient (Wildman–Crippen LogP) is 2.43. The highest BCUT2D eigenvalue weighted by atomic mass is 16.2. The number of para-hydroxylation sites is 1. The van der Waals surface area contributed by atoms with Gasteiger partial charge in [0, 0.05) is 18.8 Å². The molecule has 0 spiro atoms. The molecule has 0 unspecified atom stereocenters. The van der Waals surface area contributed by atoms with Crippen LogP contribution in [-0.2, 0) is 4.79 Å². The summed E-state index contributed by atoms with van der Waals surface area (Å²) in [6, 6.07) is 9.93. The lowest BCUT2D eigenvalue weighted by atomic mass is 9.90. The summed E-state index contributed by atoms with van der Waals surface area (Å²) in [6.07, 6.45) is 0. The highest BCUT2D eigenvalue weighted by molar-refractivity contribution is 5.98. The minimum absolute atomic E-state index is 0.184. The van der Waals surface area contributed by atoms with E-state index in [0.717, 1.165) is 18.8 Å². The van der Waals surface area contributed by atoms with Gasteiger partial charge in [-0.1, -0.05) is 18.2 Å². The van der Waals surface area contributed by atoms with Gasteiger partial charge in [-0.25, -0.2) is 0 Å². The molecule has 1 aromatic rings. The third-order valence-corrected chi connectivity index (χ3v) is 3.53. The van der Waals surface area contributed by atoms with Crippen molar-refractivity contribution in [1.82, 2.24) is 5.32 Å². The Bertz CT molecular complexity index is 437. The SMILES string of the molecule is CC1(C)CNCC(C)(C)N(c2ccccc2)C1=O. The number of amides is 1. The van der Waals surface area contributed by atoms with Gasteiger partial charge in [0.1, 0.15) is 0 Å². The van der Waals surface area contributed by atoms with E-state index in [-0.39, 0.29) is 16.9 Å². The van der Waals surface area contributed by atoms with E-state index in [9.17, 15) is 4.79 Å². The van der Waals surface area contributed by atoms with Gasteiger partial charge in [-0.2, -0.15) is 0 Å². The first kappa shape index (κ1) is 13.1. The molecular weight excluding hydrogens is 224 g/mol. The molecule has 0 aliphatic carbocycles. The zero-order valence-electron chi connectivity index (χ0n) is 11.7. The fourth-order valence-electron chi connectivity index (χ4n) is 2.46. The zero-order valence-corrected chi connectivity index (χ0v) is 11.7. The van der Waals surface area contributed by atoms with Gasteiger partial charge in [0.25, 0.3) is 0 Å². The van der Waals surface area contributed by atoms with E-state index in [4.69, 9.17) is 0 Å². The summed E-state index contributed by atoms with van der Waals surface area (Å²) < 4.78 is 0. The molecule has 1 heterocycles. The van der Waals surface area contributed by atoms with Gasteiger partial charge < -0.3 is 10.2 Å². The Labute approximate surface area is 109 Å². The average Bonchev–Trinajstić information content (AvgIpc) is 2.36.